The molecule has 2 aromatic heterocycles. The number of carbonyl (C=O) groups excluding carboxylic acids is 1. The first-order valence-electron chi connectivity index (χ1n) is 9.24. The number of likely N-dealkylation sites (N-methyl/N-ethyl adjacent to an activating group) is 1. The van der Waals surface area contributed by atoms with E-state index in [1.807, 2.05) is 6.07 Å². The summed E-state index contributed by atoms with van der Waals surface area (Å²) < 4.78 is 2.36. The van der Waals surface area contributed by atoms with Gasteiger partial charge in [-0.2, -0.15) is 0 Å². The molecule has 1 fully saturated rings. The summed E-state index contributed by atoms with van der Waals surface area (Å²) in [5.41, 5.74) is 1.71. The second-order valence-electron chi connectivity index (χ2n) is 7.33. The number of carbonyl (C=O) groups is 1. The van der Waals surface area contributed by atoms with Crippen molar-refractivity contribution in [2.75, 3.05) is 13.6 Å². The van der Waals surface area contributed by atoms with Gasteiger partial charge in [0.15, 0.2) is 0 Å². The Morgan fingerprint density at radius 1 is 1.26 bits per heavy atom. The van der Waals surface area contributed by atoms with Crippen LogP contribution in [0.2, 0.25) is 10.0 Å². The number of piperidine rings is 1. The first-order chi connectivity index (χ1) is 13.0. The highest BCUT2D eigenvalue weighted by molar-refractivity contribution is 7.20. The highest BCUT2D eigenvalue weighted by Gasteiger charge is 2.23. The largest absolute Gasteiger partial charge is 0.335 e. The van der Waals surface area contributed by atoms with Gasteiger partial charge < -0.3 is 9.47 Å². The van der Waals surface area contributed by atoms with Crippen molar-refractivity contribution in [3.8, 4) is 0 Å². The molecule has 1 aromatic carbocycles. The summed E-state index contributed by atoms with van der Waals surface area (Å²) in [5, 5.41) is 1.85. The van der Waals surface area contributed by atoms with Gasteiger partial charge in [0.25, 0.3) is 0 Å². The van der Waals surface area contributed by atoms with Gasteiger partial charge in [0.05, 0.1) is 14.9 Å². The number of nitrogens with zero attached hydrogens (tertiary/aromatic N) is 2. The van der Waals surface area contributed by atoms with Crippen molar-refractivity contribution in [3.63, 3.8) is 0 Å². The topological polar surface area (TPSA) is 25.2 Å². The standard InChI is InChI=1S/C21H22Cl2N2OS/c1-13-10-14-11-18(20(26)16-7-5-8-17(22)19(16)23)27-21(14)25(13)12-15-6-3-4-9-24(15)2/h5,7-8,10-11,15H,3-4,6,9,12H2,1-2H3. The van der Waals surface area contributed by atoms with E-state index in [2.05, 4.69) is 29.5 Å². The molecule has 27 heavy (non-hydrogen) atoms. The number of fused-ring (bicyclic) bond motifs is 1. The lowest BCUT2D eigenvalue weighted by molar-refractivity contribution is 0.104. The zero-order valence-electron chi connectivity index (χ0n) is 15.5. The van der Waals surface area contributed by atoms with Crippen LogP contribution in [-0.2, 0) is 6.54 Å². The fraction of sp³-hybridized carbons (Fsp3) is 0.381. The number of halogens is 2. The first-order valence-corrected chi connectivity index (χ1v) is 10.8. The van der Waals surface area contributed by atoms with Crippen molar-refractivity contribution >= 4 is 50.5 Å². The summed E-state index contributed by atoms with van der Waals surface area (Å²) in [4.78, 5) is 17.3. The number of aryl methyl sites for hydroxylation is 1. The third kappa shape index (κ3) is 3.56. The number of benzene rings is 1. The third-order valence-corrected chi connectivity index (χ3v) is 7.50. The van der Waals surface area contributed by atoms with Crippen LogP contribution in [0.15, 0.2) is 30.3 Å². The highest BCUT2D eigenvalue weighted by Crippen LogP contribution is 2.34. The van der Waals surface area contributed by atoms with Gasteiger partial charge in [-0.25, -0.2) is 0 Å². The molecular weight excluding hydrogens is 399 g/mol. The van der Waals surface area contributed by atoms with Gasteiger partial charge >= 0.3 is 0 Å². The van der Waals surface area contributed by atoms with Gasteiger partial charge in [-0.15, -0.1) is 11.3 Å². The summed E-state index contributed by atoms with van der Waals surface area (Å²) >= 11 is 13.9. The molecule has 3 aromatic rings. The van der Waals surface area contributed by atoms with Crippen LogP contribution < -0.4 is 0 Å². The van der Waals surface area contributed by atoms with Gasteiger partial charge in [0.2, 0.25) is 5.78 Å². The molecule has 0 bridgehead atoms. The maximum atomic E-state index is 13.0. The SMILES string of the molecule is Cc1cc2cc(C(=O)c3cccc(Cl)c3Cl)sc2n1CC1CCCCN1C. The lowest BCUT2D eigenvalue weighted by Crippen LogP contribution is -2.39. The van der Waals surface area contributed by atoms with E-state index in [1.54, 1.807) is 29.5 Å². The van der Waals surface area contributed by atoms with Crippen molar-refractivity contribution in [1.29, 1.82) is 0 Å². The second-order valence-corrected chi connectivity index (χ2v) is 9.14. The van der Waals surface area contributed by atoms with E-state index in [9.17, 15) is 4.79 Å². The quantitative estimate of drug-likeness (QED) is 0.481. The molecule has 0 N–H and O–H groups in total. The second kappa shape index (κ2) is 7.59. The molecule has 1 saturated heterocycles. The molecule has 3 nitrogen and oxygen atoms in total. The minimum Gasteiger partial charge on any atom is -0.335 e. The zero-order valence-corrected chi connectivity index (χ0v) is 17.8. The van der Waals surface area contributed by atoms with Crippen LogP contribution in [-0.4, -0.2) is 34.9 Å². The van der Waals surface area contributed by atoms with Crippen LogP contribution in [0, 0.1) is 6.92 Å². The van der Waals surface area contributed by atoms with Crippen molar-refractivity contribution in [3.05, 3.63) is 56.5 Å². The summed E-state index contributed by atoms with van der Waals surface area (Å²) in [5.74, 6) is -0.0670. The van der Waals surface area contributed by atoms with E-state index in [1.165, 1.54) is 25.0 Å². The molecule has 142 valence electrons. The molecule has 1 atom stereocenters. The molecule has 0 amide bonds. The number of hydrogen-bond acceptors (Lipinski definition) is 3. The van der Waals surface area contributed by atoms with Crippen LogP contribution >= 0.6 is 34.5 Å². The Bertz CT molecular complexity index is 1010. The number of aromatic nitrogens is 1. The van der Waals surface area contributed by atoms with Crippen molar-refractivity contribution < 1.29 is 4.79 Å². The van der Waals surface area contributed by atoms with E-state index in [0.29, 0.717) is 26.5 Å². The van der Waals surface area contributed by atoms with E-state index in [0.717, 1.165) is 23.3 Å². The Labute approximate surface area is 173 Å². The summed E-state index contributed by atoms with van der Waals surface area (Å²) in [6.45, 7) is 4.28. The Hall–Kier alpha value is -1.33. The lowest BCUT2D eigenvalue weighted by atomic mass is 10.0. The predicted octanol–water partition coefficient (Wildman–Crippen LogP) is 6.03. The Kier molecular flexibility index (Phi) is 5.34. The van der Waals surface area contributed by atoms with Gasteiger partial charge in [-0.05, 0) is 57.6 Å². The lowest BCUT2D eigenvalue weighted by Gasteiger charge is -2.33. The molecule has 0 spiro atoms. The summed E-state index contributed by atoms with van der Waals surface area (Å²) in [7, 11) is 2.21. The monoisotopic (exact) mass is 420 g/mol. The van der Waals surface area contributed by atoms with Gasteiger partial charge in [-0.3, -0.25) is 4.79 Å². The minimum atomic E-state index is -0.0670. The van der Waals surface area contributed by atoms with Gasteiger partial charge in [0, 0.05) is 29.2 Å². The Morgan fingerprint density at radius 3 is 2.85 bits per heavy atom. The molecule has 1 unspecified atom stereocenters. The van der Waals surface area contributed by atoms with Crippen LogP contribution in [0.4, 0.5) is 0 Å². The molecule has 4 rings (SSSR count). The van der Waals surface area contributed by atoms with Crippen molar-refractivity contribution in [1.82, 2.24) is 9.47 Å². The van der Waals surface area contributed by atoms with E-state index < -0.39 is 0 Å². The van der Waals surface area contributed by atoms with Crippen molar-refractivity contribution in [2.24, 2.45) is 0 Å². The normalized spacial score (nSPS) is 18.3. The molecule has 3 heterocycles. The van der Waals surface area contributed by atoms with Gasteiger partial charge in [-0.1, -0.05) is 35.7 Å². The van der Waals surface area contributed by atoms with Gasteiger partial charge in [0.1, 0.15) is 4.83 Å². The van der Waals surface area contributed by atoms with Crippen LogP contribution in [0.1, 0.15) is 40.2 Å². The fourth-order valence-electron chi connectivity index (χ4n) is 3.91. The maximum Gasteiger partial charge on any atom is 0.204 e. The van der Waals surface area contributed by atoms with Crippen LogP contribution in [0.5, 0.6) is 0 Å². The molecular formula is C21H22Cl2N2OS. The third-order valence-electron chi connectivity index (χ3n) is 5.51. The fourth-order valence-corrected chi connectivity index (χ4v) is 5.46. The van der Waals surface area contributed by atoms with E-state index in [4.69, 9.17) is 23.2 Å². The summed E-state index contributed by atoms with van der Waals surface area (Å²) in [6, 6.07) is 9.90. The average molecular weight is 421 g/mol. The zero-order chi connectivity index (χ0) is 19.1. The van der Waals surface area contributed by atoms with Crippen LogP contribution in [0.25, 0.3) is 10.2 Å². The average Bonchev–Trinajstić information content (AvgIpc) is 3.17. The minimum absolute atomic E-state index is 0.0670. The summed E-state index contributed by atoms with van der Waals surface area (Å²) in [6.07, 6.45) is 3.80. The molecule has 1 aliphatic heterocycles. The smallest absolute Gasteiger partial charge is 0.204 e. The first kappa shape index (κ1) is 19.0. The number of thiophene rings is 1. The van der Waals surface area contributed by atoms with E-state index in [-0.39, 0.29) is 5.78 Å². The number of ketones is 1. The molecule has 0 saturated carbocycles. The Morgan fingerprint density at radius 2 is 2.07 bits per heavy atom. The molecule has 0 radical (unpaired) electrons. The number of rotatable bonds is 4. The number of likely N-dealkylation sites (tertiary alicyclic amines) is 1. The molecule has 6 heteroatoms. The Balaban J connectivity index is 1.68. The number of hydrogen-bond donors (Lipinski definition) is 0. The van der Waals surface area contributed by atoms with Crippen LogP contribution in [0.3, 0.4) is 0 Å². The van der Waals surface area contributed by atoms with Crippen molar-refractivity contribution in [2.45, 2.75) is 38.8 Å². The van der Waals surface area contributed by atoms with E-state index >= 15 is 0 Å². The predicted molar refractivity (Wildman–Crippen MR) is 115 cm³/mol. The maximum absolute atomic E-state index is 13.0. The molecule has 1 aliphatic rings. The molecule has 0 aliphatic carbocycles. The highest BCUT2D eigenvalue weighted by atomic mass is 35.5.